The maximum atomic E-state index is 12.6. The van der Waals surface area contributed by atoms with Crippen LogP contribution in [0.4, 0.5) is 0 Å². The molecule has 0 unspecified atom stereocenters. The van der Waals surface area contributed by atoms with E-state index in [9.17, 15) is 13.2 Å². The van der Waals surface area contributed by atoms with Gasteiger partial charge in [0.25, 0.3) is 4.93 Å². The van der Waals surface area contributed by atoms with Crippen LogP contribution in [-0.4, -0.2) is 24.7 Å². The molecule has 3 rings (SSSR count). The van der Waals surface area contributed by atoms with Crippen LogP contribution in [0.15, 0.2) is 29.2 Å². The van der Waals surface area contributed by atoms with E-state index >= 15 is 0 Å². The van der Waals surface area contributed by atoms with E-state index in [2.05, 4.69) is 0 Å². The summed E-state index contributed by atoms with van der Waals surface area (Å²) in [6.07, 6.45) is 0.762. The molecule has 0 bridgehead atoms. The molecule has 0 amide bonds. The number of sulfone groups is 1. The molecule has 1 saturated carbocycles. The summed E-state index contributed by atoms with van der Waals surface area (Å²) < 4.78 is 30.5. The van der Waals surface area contributed by atoms with Gasteiger partial charge in [0.2, 0.25) is 9.84 Å². The predicted molar refractivity (Wildman–Crippen MR) is 64.8 cm³/mol. The van der Waals surface area contributed by atoms with Gasteiger partial charge >= 0.3 is 0 Å². The Labute approximate surface area is 106 Å². The Kier molecular flexibility index (Phi) is 2.12. The largest absolute Gasteiger partial charge is 0.339 e. The number of epoxide rings is 1. The average molecular weight is 266 g/mol. The smallest absolute Gasteiger partial charge is 0.261 e. The van der Waals surface area contributed by atoms with Crippen molar-refractivity contribution in [3.63, 3.8) is 0 Å². The Morgan fingerprint density at radius 3 is 2.28 bits per heavy atom. The number of fused-ring (bicyclic) bond motifs is 1. The molecule has 1 aliphatic heterocycles. The summed E-state index contributed by atoms with van der Waals surface area (Å²) in [5.74, 6) is -0.314. The summed E-state index contributed by atoms with van der Waals surface area (Å²) in [6, 6.07) is 6.52. The van der Waals surface area contributed by atoms with Crippen molar-refractivity contribution in [2.75, 3.05) is 0 Å². The fourth-order valence-corrected chi connectivity index (χ4v) is 4.94. The van der Waals surface area contributed by atoms with Crippen LogP contribution in [-0.2, 0) is 19.4 Å². The summed E-state index contributed by atoms with van der Waals surface area (Å²) in [7, 11) is -3.76. The number of carbonyl (C=O) groups is 1. The van der Waals surface area contributed by atoms with Crippen LogP contribution in [0.3, 0.4) is 0 Å². The lowest BCUT2D eigenvalue weighted by atomic mass is 10.1. The first-order valence-electron chi connectivity index (χ1n) is 5.88. The molecule has 1 saturated heterocycles. The highest BCUT2D eigenvalue weighted by Gasteiger charge is 2.82. The van der Waals surface area contributed by atoms with Gasteiger partial charge in [-0.15, -0.1) is 0 Å². The van der Waals surface area contributed by atoms with E-state index in [1.165, 1.54) is 12.1 Å². The van der Waals surface area contributed by atoms with Crippen molar-refractivity contribution in [1.29, 1.82) is 0 Å². The molecule has 5 heteroatoms. The Bertz CT molecular complexity index is 631. The fraction of sp³-hybridized carbons (Fsp3) is 0.462. The molecule has 0 aromatic heterocycles. The molecule has 1 aromatic carbocycles. The van der Waals surface area contributed by atoms with Gasteiger partial charge in [0.15, 0.2) is 5.78 Å². The van der Waals surface area contributed by atoms with Gasteiger partial charge in [0, 0.05) is 6.42 Å². The lowest BCUT2D eigenvalue weighted by Gasteiger charge is -2.10. The van der Waals surface area contributed by atoms with Crippen molar-refractivity contribution in [2.24, 2.45) is 0 Å². The van der Waals surface area contributed by atoms with Crippen LogP contribution < -0.4 is 0 Å². The third-order valence-electron chi connectivity index (χ3n) is 3.93. The van der Waals surface area contributed by atoms with Crippen molar-refractivity contribution in [1.82, 2.24) is 0 Å². The monoisotopic (exact) mass is 266 g/mol. The number of hydrogen-bond donors (Lipinski definition) is 0. The molecule has 1 heterocycles. The minimum atomic E-state index is -3.76. The van der Waals surface area contributed by atoms with Crippen LogP contribution in [0.2, 0.25) is 0 Å². The number of Topliss-reactive ketones (excluding diaryl/α,β-unsaturated/α-hetero) is 1. The third kappa shape index (κ3) is 1.18. The third-order valence-corrected chi connectivity index (χ3v) is 6.32. The first-order chi connectivity index (χ1) is 8.33. The average Bonchev–Trinajstić information content (AvgIpc) is 2.88. The van der Waals surface area contributed by atoms with E-state index in [1.807, 2.05) is 6.92 Å². The molecule has 2 fully saturated rings. The second-order valence-corrected chi connectivity index (χ2v) is 7.24. The van der Waals surface area contributed by atoms with Crippen LogP contribution in [0.25, 0.3) is 0 Å². The Morgan fingerprint density at radius 2 is 1.83 bits per heavy atom. The number of ether oxygens (including phenoxy) is 1. The lowest BCUT2D eigenvalue weighted by molar-refractivity contribution is -0.121. The zero-order chi connectivity index (χ0) is 13.2. The Balaban J connectivity index is 2.12. The van der Waals surface area contributed by atoms with Crippen molar-refractivity contribution in [3.8, 4) is 0 Å². The van der Waals surface area contributed by atoms with Gasteiger partial charge in [0.05, 0.1) is 4.90 Å². The topological polar surface area (TPSA) is 63.7 Å². The van der Waals surface area contributed by atoms with E-state index in [-0.39, 0.29) is 17.1 Å². The molecule has 2 atom stereocenters. The molecule has 2 aliphatic rings. The second-order valence-electron chi connectivity index (χ2n) is 5.19. The molecule has 1 aromatic rings. The molecular formula is C13H14O4S. The fourth-order valence-electron chi connectivity index (χ4n) is 2.75. The highest BCUT2D eigenvalue weighted by atomic mass is 32.2. The maximum absolute atomic E-state index is 12.6. The first kappa shape index (κ1) is 11.9. The minimum Gasteiger partial charge on any atom is -0.339 e. The SMILES string of the molecule is Cc1ccc(S(=O)(=O)[C@]23O[C@@]2(C)CCC3=O)cc1. The summed E-state index contributed by atoms with van der Waals surface area (Å²) in [5, 5.41) is 0. The molecular weight excluding hydrogens is 252 g/mol. The summed E-state index contributed by atoms with van der Waals surface area (Å²) in [6.45, 7) is 3.58. The van der Waals surface area contributed by atoms with Gasteiger partial charge in [0.1, 0.15) is 5.60 Å². The number of hydrogen-bond acceptors (Lipinski definition) is 4. The number of aryl methyl sites for hydroxylation is 1. The lowest BCUT2D eigenvalue weighted by Crippen LogP contribution is -2.35. The number of benzene rings is 1. The van der Waals surface area contributed by atoms with Crippen molar-refractivity contribution in [2.45, 2.75) is 42.1 Å². The van der Waals surface area contributed by atoms with Gasteiger partial charge in [-0.2, -0.15) is 0 Å². The van der Waals surface area contributed by atoms with Crippen molar-refractivity contribution in [3.05, 3.63) is 29.8 Å². The quantitative estimate of drug-likeness (QED) is 0.763. The number of carbonyl (C=O) groups excluding carboxylic acids is 1. The van der Waals surface area contributed by atoms with E-state index in [1.54, 1.807) is 19.1 Å². The van der Waals surface area contributed by atoms with Crippen LogP contribution in [0.5, 0.6) is 0 Å². The molecule has 96 valence electrons. The standard InChI is InChI=1S/C13H14O4S/c1-9-3-5-10(6-4-9)18(15,16)13-11(14)7-8-12(13,2)17-13/h3-6H,7-8H2,1-2H3/t12-,13-/m0/s1. The molecule has 4 nitrogen and oxygen atoms in total. The van der Waals surface area contributed by atoms with Crippen LogP contribution >= 0.6 is 0 Å². The van der Waals surface area contributed by atoms with E-state index in [0.717, 1.165) is 5.56 Å². The summed E-state index contributed by atoms with van der Waals surface area (Å²) >= 11 is 0. The highest BCUT2D eigenvalue weighted by molar-refractivity contribution is 7.94. The van der Waals surface area contributed by atoms with Gasteiger partial charge in [-0.25, -0.2) is 8.42 Å². The Hall–Kier alpha value is -1.20. The van der Waals surface area contributed by atoms with Gasteiger partial charge in [-0.1, -0.05) is 17.7 Å². The van der Waals surface area contributed by atoms with Crippen molar-refractivity contribution < 1.29 is 17.9 Å². The van der Waals surface area contributed by atoms with E-state index < -0.39 is 20.4 Å². The van der Waals surface area contributed by atoms with E-state index in [4.69, 9.17) is 4.74 Å². The van der Waals surface area contributed by atoms with Crippen LogP contribution in [0, 0.1) is 6.92 Å². The number of rotatable bonds is 2. The predicted octanol–water partition coefficient (Wildman–Crippen LogP) is 1.62. The second kappa shape index (κ2) is 3.22. The highest BCUT2D eigenvalue weighted by Crippen LogP contribution is 2.61. The molecule has 0 spiro atoms. The van der Waals surface area contributed by atoms with Crippen molar-refractivity contribution >= 4 is 15.6 Å². The summed E-state index contributed by atoms with van der Waals surface area (Å²) in [4.78, 5) is 10.5. The number of ketones is 1. The molecule has 18 heavy (non-hydrogen) atoms. The summed E-state index contributed by atoms with van der Waals surface area (Å²) in [5.41, 5.74) is 0.150. The molecule has 0 N–H and O–H groups in total. The maximum Gasteiger partial charge on any atom is 0.261 e. The zero-order valence-corrected chi connectivity index (χ0v) is 11.1. The van der Waals surface area contributed by atoms with Gasteiger partial charge < -0.3 is 4.74 Å². The molecule has 1 aliphatic carbocycles. The van der Waals surface area contributed by atoms with Crippen LogP contribution in [0.1, 0.15) is 25.3 Å². The van der Waals surface area contributed by atoms with Gasteiger partial charge in [-0.3, -0.25) is 4.79 Å². The normalized spacial score (nSPS) is 34.4. The zero-order valence-electron chi connectivity index (χ0n) is 10.3. The Morgan fingerprint density at radius 1 is 1.22 bits per heavy atom. The minimum absolute atomic E-state index is 0.159. The first-order valence-corrected chi connectivity index (χ1v) is 7.37. The van der Waals surface area contributed by atoms with Gasteiger partial charge in [-0.05, 0) is 32.4 Å². The van der Waals surface area contributed by atoms with E-state index in [0.29, 0.717) is 6.42 Å². The molecule has 0 radical (unpaired) electrons.